The number of rotatable bonds is 5. The van der Waals surface area contributed by atoms with Crippen LogP contribution in [0.1, 0.15) is 17.2 Å². The van der Waals surface area contributed by atoms with Crippen LogP contribution >= 0.6 is 0 Å². The summed E-state index contributed by atoms with van der Waals surface area (Å²) in [5, 5.41) is 29.2. The maximum atomic E-state index is 10.3. The Hall–Kier alpha value is -2.66. The molecule has 1 unspecified atom stereocenters. The highest BCUT2D eigenvalue weighted by atomic mass is 16.5. The summed E-state index contributed by atoms with van der Waals surface area (Å²) in [4.78, 5) is 0. The summed E-state index contributed by atoms with van der Waals surface area (Å²) in [6, 6.07) is 9.37. The number of phenolic OH excluding ortho intramolecular Hbond substituents is 2. The number of ether oxygens (including phenoxy) is 2. The van der Waals surface area contributed by atoms with Gasteiger partial charge in [-0.2, -0.15) is 0 Å². The van der Waals surface area contributed by atoms with Crippen LogP contribution in [0.25, 0.3) is 6.08 Å². The maximum absolute atomic E-state index is 10.3. The molecule has 3 N–H and O–H groups in total. The molecule has 0 aliphatic carbocycles. The zero-order chi connectivity index (χ0) is 16.1. The van der Waals surface area contributed by atoms with Gasteiger partial charge in [0.05, 0.1) is 14.2 Å². The first-order valence-electron chi connectivity index (χ1n) is 6.65. The van der Waals surface area contributed by atoms with Gasteiger partial charge in [0.15, 0.2) is 0 Å². The average Bonchev–Trinajstić information content (AvgIpc) is 2.53. The normalized spacial score (nSPS) is 12.3. The maximum Gasteiger partial charge on any atom is 0.128 e. The zero-order valence-electron chi connectivity index (χ0n) is 12.4. The van der Waals surface area contributed by atoms with Gasteiger partial charge in [-0.25, -0.2) is 0 Å². The van der Waals surface area contributed by atoms with E-state index in [0.29, 0.717) is 22.6 Å². The van der Waals surface area contributed by atoms with Crippen molar-refractivity contribution < 1.29 is 24.8 Å². The van der Waals surface area contributed by atoms with Crippen LogP contribution in [-0.4, -0.2) is 29.5 Å². The van der Waals surface area contributed by atoms with Gasteiger partial charge in [0, 0.05) is 23.3 Å². The number of benzene rings is 2. The minimum Gasteiger partial charge on any atom is -0.508 e. The van der Waals surface area contributed by atoms with Crippen molar-refractivity contribution in [3.8, 4) is 23.0 Å². The van der Waals surface area contributed by atoms with Crippen LogP contribution in [0.5, 0.6) is 23.0 Å². The molecule has 2 aromatic carbocycles. The second kappa shape index (κ2) is 6.87. The summed E-state index contributed by atoms with van der Waals surface area (Å²) in [7, 11) is 3.07. The molecular formula is C17H18O5. The lowest BCUT2D eigenvalue weighted by Gasteiger charge is -2.13. The van der Waals surface area contributed by atoms with Crippen LogP contribution < -0.4 is 9.47 Å². The average molecular weight is 302 g/mol. The van der Waals surface area contributed by atoms with Gasteiger partial charge in [0.25, 0.3) is 0 Å². The van der Waals surface area contributed by atoms with Crippen molar-refractivity contribution in [2.75, 3.05) is 14.2 Å². The summed E-state index contributed by atoms with van der Waals surface area (Å²) in [6.45, 7) is 0. The lowest BCUT2D eigenvalue weighted by molar-refractivity contribution is 0.223. The van der Waals surface area contributed by atoms with Crippen molar-refractivity contribution in [1.29, 1.82) is 0 Å². The van der Waals surface area contributed by atoms with Crippen LogP contribution in [0.4, 0.5) is 0 Å². The van der Waals surface area contributed by atoms with Gasteiger partial charge in [-0.3, -0.25) is 0 Å². The predicted octanol–water partition coefficient (Wildman–Crippen LogP) is 2.86. The minimum atomic E-state index is -0.908. The predicted molar refractivity (Wildman–Crippen MR) is 83.3 cm³/mol. The summed E-state index contributed by atoms with van der Waals surface area (Å²) in [5.74, 6) is 1.05. The Morgan fingerprint density at radius 2 is 1.77 bits per heavy atom. The fraction of sp³-hybridized carbons (Fsp3) is 0.176. The van der Waals surface area contributed by atoms with Crippen LogP contribution in [0.2, 0.25) is 0 Å². The molecule has 0 bridgehead atoms. The fourth-order valence-electron chi connectivity index (χ4n) is 2.03. The lowest BCUT2D eigenvalue weighted by atomic mass is 10.1. The Kier molecular flexibility index (Phi) is 4.91. The summed E-state index contributed by atoms with van der Waals surface area (Å²) in [6.07, 6.45) is 2.19. The number of hydrogen-bond acceptors (Lipinski definition) is 5. The number of phenols is 2. The van der Waals surface area contributed by atoms with Crippen molar-refractivity contribution in [2.45, 2.75) is 6.10 Å². The first-order chi connectivity index (χ1) is 10.5. The molecule has 0 radical (unpaired) electrons. The van der Waals surface area contributed by atoms with E-state index in [1.165, 1.54) is 25.3 Å². The molecule has 0 saturated carbocycles. The molecule has 0 amide bonds. The van der Waals surface area contributed by atoms with E-state index in [9.17, 15) is 15.3 Å². The lowest BCUT2D eigenvalue weighted by Crippen LogP contribution is -1.98. The van der Waals surface area contributed by atoms with Gasteiger partial charge < -0.3 is 24.8 Å². The van der Waals surface area contributed by atoms with E-state index < -0.39 is 6.10 Å². The molecule has 0 fully saturated rings. The first-order valence-corrected chi connectivity index (χ1v) is 6.65. The first kappa shape index (κ1) is 15.7. The van der Waals surface area contributed by atoms with Crippen LogP contribution in [0, 0.1) is 0 Å². The molecule has 5 heteroatoms. The standard InChI is InChI=1S/C17H18O5/c1-21-13-6-7-14(17(10-13)22-2)15(19)8-4-11-3-5-12(18)9-16(11)20/h3-10,15,18-20H,1-2H3. The van der Waals surface area contributed by atoms with E-state index in [-0.39, 0.29) is 11.5 Å². The third-order valence-electron chi connectivity index (χ3n) is 3.23. The molecule has 1 atom stereocenters. The Balaban J connectivity index is 2.24. The van der Waals surface area contributed by atoms with Crippen molar-refractivity contribution in [1.82, 2.24) is 0 Å². The molecule has 5 nitrogen and oxygen atoms in total. The van der Waals surface area contributed by atoms with Gasteiger partial charge >= 0.3 is 0 Å². The SMILES string of the molecule is COc1ccc(C(O)C=Cc2ccc(O)cc2O)c(OC)c1. The highest BCUT2D eigenvalue weighted by Gasteiger charge is 2.12. The molecule has 116 valence electrons. The molecule has 0 aromatic heterocycles. The van der Waals surface area contributed by atoms with Crippen LogP contribution in [-0.2, 0) is 0 Å². The second-order valence-electron chi connectivity index (χ2n) is 4.65. The summed E-state index contributed by atoms with van der Waals surface area (Å²) >= 11 is 0. The van der Waals surface area contributed by atoms with Gasteiger partial charge in [-0.05, 0) is 24.3 Å². The number of aliphatic hydroxyl groups excluding tert-OH is 1. The molecule has 0 aliphatic heterocycles. The number of hydrogen-bond donors (Lipinski definition) is 3. The topological polar surface area (TPSA) is 79.2 Å². The van der Waals surface area contributed by atoms with Crippen molar-refractivity contribution in [3.05, 3.63) is 53.6 Å². The highest BCUT2D eigenvalue weighted by molar-refractivity contribution is 5.59. The third-order valence-corrected chi connectivity index (χ3v) is 3.23. The van der Waals surface area contributed by atoms with E-state index in [4.69, 9.17) is 9.47 Å². The van der Waals surface area contributed by atoms with Crippen LogP contribution in [0.3, 0.4) is 0 Å². The highest BCUT2D eigenvalue weighted by Crippen LogP contribution is 2.31. The Bertz CT molecular complexity index is 679. The monoisotopic (exact) mass is 302 g/mol. The van der Waals surface area contributed by atoms with Crippen molar-refractivity contribution in [2.24, 2.45) is 0 Å². The minimum absolute atomic E-state index is 0.0213. The molecule has 0 spiro atoms. The third kappa shape index (κ3) is 3.51. The molecule has 0 saturated heterocycles. The second-order valence-corrected chi connectivity index (χ2v) is 4.65. The molecular weight excluding hydrogens is 284 g/mol. The summed E-state index contributed by atoms with van der Waals surface area (Å²) in [5.41, 5.74) is 1.07. The number of methoxy groups -OCH3 is 2. The summed E-state index contributed by atoms with van der Waals surface area (Å²) < 4.78 is 10.4. The van der Waals surface area contributed by atoms with Crippen molar-refractivity contribution >= 4 is 6.08 Å². The van der Waals surface area contributed by atoms with Gasteiger partial charge in [0.1, 0.15) is 29.1 Å². The molecule has 22 heavy (non-hydrogen) atoms. The largest absolute Gasteiger partial charge is 0.508 e. The molecule has 0 heterocycles. The molecule has 2 rings (SSSR count). The zero-order valence-corrected chi connectivity index (χ0v) is 12.4. The van der Waals surface area contributed by atoms with Crippen LogP contribution in [0.15, 0.2) is 42.5 Å². The van der Waals surface area contributed by atoms with E-state index in [1.807, 2.05) is 0 Å². The van der Waals surface area contributed by atoms with Gasteiger partial charge in [-0.1, -0.05) is 12.2 Å². The fourth-order valence-corrected chi connectivity index (χ4v) is 2.03. The van der Waals surface area contributed by atoms with E-state index in [1.54, 1.807) is 37.5 Å². The Morgan fingerprint density at radius 3 is 2.41 bits per heavy atom. The van der Waals surface area contributed by atoms with E-state index in [2.05, 4.69) is 0 Å². The smallest absolute Gasteiger partial charge is 0.128 e. The molecule has 0 aliphatic rings. The van der Waals surface area contributed by atoms with Gasteiger partial charge in [-0.15, -0.1) is 0 Å². The van der Waals surface area contributed by atoms with Gasteiger partial charge in [0.2, 0.25) is 0 Å². The van der Waals surface area contributed by atoms with E-state index in [0.717, 1.165) is 0 Å². The Morgan fingerprint density at radius 1 is 1.00 bits per heavy atom. The van der Waals surface area contributed by atoms with Crippen molar-refractivity contribution in [3.63, 3.8) is 0 Å². The number of aromatic hydroxyl groups is 2. The quantitative estimate of drug-likeness (QED) is 0.791. The molecule has 2 aromatic rings. The Labute approximate surface area is 128 Å². The number of aliphatic hydroxyl groups is 1. The van der Waals surface area contributed by atoms with E-state index >= 15 is 0 Å².